The number of Topliss-reactive ketones (excluding diaryl/α,β-unsaturated/α-hetero) is 3. The highest BCUT2D eigenvalue weighted by atomic mass is 16.5. The molecule has 0 bridgehead atoms. The SMILES string of the molecule is CCCOc1cccc2c1C(=O)C1=C(O)[C@@]3(O)C(=O)C(C(C)=O)=C(O)C(C(C)C)[C@@]3(C)C[C@@]1(C)C2. The van der Waals surface area contributed by atoms with Crippen LogP contribution in [0.15, 0.2) is 40.9 Å². The average Bonchev–Trinajstić information content (AvgIpc) is 2.74. The molecule has 0 spiro atoms. The normalized spacial score (nSPS) is 32.4. The molecule has 4 atom stereocenters. The van der Waals surface area contributed by atoms with E-state index in [0.29, 0.717) is 24.3 Å². The Hall–Kier alpha value is -2.93. The van der Waals surface area contributed by atoms with Crippen molar-refractivity contribution in [3.05, 3.63) is 52.0 Å². The zero-order valence-electron chi connectivity index (χ0n) is 21.2. The van der Waals surface area contributed by atoms with E-state index in [1.54, 1.807) is 13.0 Å². The van der Waals surface area contributed by atoms with Crippen molar-refractivity contribution in [3.8, 4) is 5.75 Å². The molecule has 3 aliphatic rings. The van der Waals surface area contributed by atoms with Crippen LogP contribution in [0, 0.1) is 22.7 Å². The molecule has 0 fully saturated rings. The fourth-order valence-corrected chi connectivity index (χ4v) is 7.00. The lowest BCUT2D eigenvalue weighted by Gasteiger charge is -2.59. The smallest absolute Gasteiger partial charge is 0.209 e. The first-order valence-corrected chi connectivity index (χ1v) is 12.2. The van der Waals surface area contributed by atoms with Gasteiger partial charge in [-0.05, 0) is 43.7 Å². The minimum atomic E-state index is -2.53. The van der Waals surface area contributed by atoms with Crippen LogP contribution in [0.5, 0.6) is 5.75 Å². The highest BCUT2D eigenvalue weighted by Crippen LogP contribution is 2.65. The van der Waals surface area contributed by atoms with Gasteiger partial charge in [0, 0.05) is 22.3 Å². The van der Waals surface area contributed by atoms with Gasteiger partial charge in [-0.3, -0.25) is 14.4 Å². The first-order chi connectivity index (χ1) is 16.3. The van der Waals surface area contributed by atoms with Gasteiger partial charge in [-0.2, -0.15) is 0 Å². The van der Waals surface area contributed by atoms with Crippen LogP contribution < -0.4 is 4.74 Å². The zero-order chi connectivity index (χ0) is 26.1. The van der Waals surface area contributed by atoms with E-state index >= 15 is 0 Å². The monoisotopic (exact) mass is 482 g/mol. The summed E-state index contributed by atoms with van der Waals surface area (Å²) in [5.41, 5.74) is -4.27. The molecule has 1 unspecified atom stereocenters. The van der Waals surface area contributed by atoms with Crippen LogP contribution in [0.2, 0.25) is 0 Å². The molecule has 0 heterocycles. The van der Waals surface area contributed by atoms with E-state index < -0.39 is 51.0 Å². The van der Waals surface area contributed by atoms with Gasteiger partial charge < -0.3 is 20.1 Å². The molecule has 188 valence electrons. The summed E-state index contributed by atoms with van der Waals surface area (Å²) in [6.07, 6.45) is 1.27. The van der Waals surface area contributed by atoms with Crippen LogP contribution in [0.4, 0.5) is 0 Å². The second kappa shape index (κ2) is 8.05. The average molecular weight is 483 g/mol. The summed E-state index contributed by atoms with van der Waals surface area (Å²) in [5.74, 6) is -4.01. The molecule has 0 aromatic heterocycles. The first kappa shape index (κ1) is 25.2. The second-order valence-corrected chi connectivity index (χ2v) is 11.1. The number of allylic oxidation sites excluding steroid dienone is 2. The van der Waals surface area contributed by atoms with E-state index in [0.717, 1.165) is 18.9 Å². The fourth-order valence-electron chi connectivity index (χ4n) is 7.00. The van der Waals surface area contributed by atoms with Gasteiger partial charge in [-0.15, -0.1) is 0 Å². The highest BCUT2D eigenvalue weighted by molar-refractivity contribution is 6.25. The molecule has 0 radical (unpaired) electrons. The molecule has 1 aromatic rings. The fraction of sp³-hybridized carbons (Fsp3) is 0.536. The van der Waals surface area contributed by atoms with E-state index in [9.17, 15) is 29.7 Å². The number of rotatable bonds is 5. The van der Waals surface area contributed by atoms with Gasteiger partial charge in [-0.25, -0.2) is 0 Å². The number of carbonyl (C=O) groups is 3. The molecule has 0 aliphatic heterocycles. The van der Waals surface area contributed by atoms with Gasteiger partial charge in [0.15, 0.2) is 17.2 Å². The van der Waals surface area contributed by atoms with Crippen molar-refractivity contribution in [1.82, 2.24) is 0 Å². The molecular weight excluding hydrogens is 448 g/mol. The number of hydrogen-bond donors (Lipinski definition) is 3. The maximum atomic E-state index is 13.9. The molecule has 7 nitrogen and oxygen atoms in total. The van der Waals surface area contributed by atoms with Crippen LogP contribution in [0.25, 0.3) is 0 Å². The Bertz CT molecular complexity index is 1210. The Morgan fingerprint density at radius 2 is 1.86 bits per heavy atom. The zero-order valence-corrected chi connectivity index (χ0v) is 21.2. The minimum Gasteiger partial charge on any atom is -0.511 e. The summed E-state index contributed by atoms with van der Waals surface area (Å²) in [4.78, 5) is 40.0. The number of fused-ring (bicyclic) bond motifs is 3. The molecule has 7 heteroatoms. The van der Waals surface area contributed by atoms with E-state index in [4.69, 9.17) is 4.74 Å². The Morgan fingerprint density at radius 3 is 2.43 bits per heavy atom. The standard InChI is InChI=1S/C28H34O7/c1-7-11-35-17-10-8-9-16-12-26(5)13-27(6)20(14(2)3)22(30)18(15(4)29)24(32)28(27,34)25(33)21(26)23(31)19(16)17/h8-10,14,20,30,33-34H,7,11-13H2,1-6H3/t20?,26-,27-,28+/m1/s1. The van der Waals surface area contributed by atoms with Crippen LogP contribution >= 0.6 is 0 Å². The number of benzene rings is 1. The number of ether oxygens (including phenoxy) is 1. The Labute approximate surface area is 205 Å². The molecule has 0 saturated heterocycles. The van der Waals surface area contributed by atoms with Crippen molar-refractivity contribution in [2.75, 3.05) is 6.61 Å². The molecule has 0 saturated carbocycles. The summed E-state index contributed by atoms with van der Waals surface area (Å²) in [6, 6.07) is 5.37. The second-order valence-electron chi connectivity index (χ2n) is 11.1. The van der Waals surface area contributed by atoms with Gasteiger partial charge in [0.25, 0.3) is 0 Å². The lowest BCUT2D eigenvalue weighted by Crippen LogP contribution is -2.67. The van der Waals surface area contributed by atoms with E-state index in [-0.39, 0.29) is 23.7 Å². The topological polar surface area (TPSA) is 121 Å². The molecular formula is C28H34O7. The maximum absolute atomic E-state index is 13.9. The third kappa shape index (κ3) is 3.17. The number of aliphatic hydroxyl groups excluding tert-OH is 2. The summed E-state index contributed by atoms with van der Waals surface area (Å²) in [6.45, 7) is 10.7. The third-order valence-electron chi connectivity index (χ3n) is 8.19. The van der Waals surface area contributed by atoms with Crippen LogP contribution in [0.1, 0.15) is 70.3 Å². The van der Waals surface area contributed by atoms with Crippen LogP contribution in [-0.4, -0.2) is 44.9 Å². The van der Waals surface area contributed by atoms with E-state index in [2.05, 4.69) is 0 Å². The summed E-state index contributed by atoms with van der Waals surface area (Å²) >= 11 is 0. The lowest BCUT2D eigenvalue weighted by molar-refractivity contribution is -0.171. The molecule has 4 rings (SSSR count). The van der Waals surface area contributed by atoms with Crippen molar-refractivity contribution < 1.29 is 34.4 Å². The number of hydrogen-bond acceptors (Lipinski definition) is 7. The van der Waals surface area contributed by atoms with Gasteiger partial charge in [0.1, 0.15) is 22.8 Å². The summed E-state index contributed by atoms with van der Waals surface area (Å²) in [5, 5.41) is 34.8. The predicted molar refractivity (Wildman–Crippen MR) is 129 cm³/mol. The van der Waals surface area contributed by atoms with Gasteiger partial charge in [0.05, 0.1) is 12.2 Å². The molecule has 3 aliphatic carbocycles. The lowest BCUT2D eigenvalue weighted by atomic mass is 9.44. The minimum absolute atomic E-state index is 0.0299. The van der Waals surface area contributed by atoms with Gasteiger partial charge in [0.2, 0.25) is 5.78 Å². The summed E-state index contributed by atoms with van der Waals surface area (Å²) in [7, 11) is 0. The molecule has 35 heavy (non-hydrogen) atoms. The molecule has 3 N–H and O–H groups in total. The van der Waals surface area contributed by atoms with Crippen molar-refractivity contribution in [2.45, 2.75) is 66.4 Å². The van der Waals surface area contributed by atoms with E-state index in [1.165, 1.54) is 0 Å². The van der Waals surface area contributed by atoms with Crippen LogP contribution in [-0.2, 0) is 16.0 Å². The Kier molecular flexibility index (Phi) is 5.79. The largest absolute Gasteiger partial charge is 0.511 e. The third-order valence-corrected chi connectivity index (χ3v) is 8.19. The summed E-state index contributed by atoms with van der Waals surface area (Å²) < 4.78 is 5.82. The number of aliphatic hydroxyl groups is 3. The van der Waals surface area contributed by atoms with Crippen molar-refractivity contribution in [1.29, 1.82) is 0 Å². The quantitative estimate of drug-likeness (QED) is 0.531. The van der Waals surface area contributed by atoms with Crippen LogP contribution in [0.3, 0.4) is 0 Å². The number of carbonyl (C=O) groups excluding carboxylic acids is 3. The Morgan fingerprint density at radius 1 is 1.20 bits per heavy atom. The van der Waals surface area contributed by atoms with Gasteiger partial charge >= 0.3 is 0 Å². The predicted octanol–water partition coefficient (Wildman–Crippen LogP) is 4.43. The van der Waals surface area contributed by atoms with E-state index in [1.807, 2.05) is 39.8 Å². The molecule has 1 aromatic carbocycles. The van der Waals surface area contributed by atoms with Gasteiger partial charge in [-0.1, -0.05) is 46.8 Å². The van der Waals surface area contributed by atoms with Crippen molar-refractivity contribution in [3.63, 3.8) is 0 Å². The maximum Gasteiger partial charge on any atom is 0.209 e. The first-order valence-electron chi connectivity index (χ1n) is 12.2. The Balaban J connectivity index is 2.02. The highest BCUT2D eigenvalue weighted by Gasteiger charge is 2.71. The number of ketones is 3. The van der Waals surface area contributed by atoms with Crippen molar-refractivity contribution >= 4 is 17.3 Å². The molecule has 0 amide bonds. The van der Waals surface area contributed by atoms with Crippen molar-refractivity contribution in [2.24, 2.45) is 22.7 Å².